The third kappa shape index (κ3) is 2.12. The Bertz CT molecular complexity index is 162. The van der Waals surface area contributed by atoms with Crippen molar-refractivity contribution in [2.75, 3.05) is 0 Å². The summed E-state index contributed by atoms with van der Waals surface area (Å²) in [6.45, 7) is 0. The predicted octanol–water partition coefficient (Wildman–Crippen LogP) is 2.50. The fourth-order valence-corrected chi connectivity index (χ4v) is 1.39. The number of halogens is 1. The number of ether oxygens (including phenoxy) is 1. The SMILES string of the molecule is I.O=C(OC1CCC1)C1CCC1. The molecule has 0 saturated heterocycles. The Morgan fingerprint density at radius 2 is 1.67 bits per heavy atom. The molecule has 2 aliphatic carbocycles. The fraction of sp³-hybridized carbons (Fsp3) is 0.889. The normalized spacial score (nSPS) is 23.3. The van der Waals surface area contributed by atoms with Gasteiger partial charge in [-0.1, -0.05) is 6.42 Å². The van der Waals surface area contributed by atoms with Crippen molar-refractivity contribution < 1.29 is 9.53 Å². The van der Waals surface area contributed by atoms with Gasteiger partial charge >= 0.3 is 5.97 Å². The zero-order chi connectivity index (χ0) is 7.68. The molecule has 3 heteroatoms. The van der Waals surface area contributed by atoms with Crippen molar-refractivity contribution in [1.82, 2.24) is 0 Å². The third-order valence-electron chi connectivity index (χ3n) is 2.77. The van der Waals surface area contributed by atoms with Crippen LogP contribution in [0.1, 0.15) is 38.5 Å². The molecule has 2 saturated carbocycles. The van der Waals surface area contributed by atoms with Gasteiger partial charge in [-0.05, 0) is 32.1 Å². The number of hydrogen-bond acceptors (Lipinski definition) is 2. The van der Waals surface area contributed by atoms with Crippen LogP contribution >= 0.6 is 24.0 Å². The number of esters is 1. The Morgan fingerprint density at radius 3 is 2.00 bits per heavy atom. The van der Waals surface area contributed by atoms with Crippen LogP contribution in [-0.2, 0) is 9.53 Å². The van der Waals surface area contributed by atoms with Crippen molar-refractivity contribution in [3.05, 3.63) is 0 Å². The molecule has 0 atom stereocenters. The molecule has 0 aromatic rings. The fourth-order valence-electron chi connectivity index (χ4n) is 1.39. The van der Waals surface area contributed by atoms with E-state index >= 15 is 0 Å². The van der Waals surface area contributed by atoms with Crippen LogP contribution < -0.4 is 0 Å². The van der Waals surface area contributed by atoms with E-state index in [2.05, 4.69) is 0 Å². The van der Waals surface area contributed by atoms with E-state index in [0.717, 1.165) is 25.7 Å². The van der Waals surface area contributed by atoms with Crippen LogP contribution in [0, 0.1) is 5.92 Å². The van der Waals surface area contributed by atoms with Crippen LogP contribution in [0.4, 0.5) is 0 Å². The van der Waals surface area contributed by atoms with Gasteiger partial charge in [0.1, 0.15) is 6.10 Å². The van der Waals surface area contributed by atoms with Crippen molar-refractivity contribution in [1.29, 1.82) is 0 Å². The van der Waals surface area contributed by atoms with E-state index in [4.69, 9.17) is 4.74 Å². The Labute approximate surface area is 90.1 Å². The van der Waals surface area contributed by atoms with Gasteiger partial charge in [-0.3, -0.25) is 4.79 Å². The molecule has 0 aromatic heterocycles. The van der Waals surface area contributed by atoms with Gasteiger partial charge in [0.2, 0.25) is 0 Å². The van der Waals surface area contributed by atoms with E-state index in [0.29, 0.717) is 0 Å². The topological polar surface area (TPSA) is 26.3 Å². The average molecular weight is 282 g/mol. The molecule has 2 fully saturated rings. The van der Waals surface area contributed by atoms with Gasteiger partial charge in [-0.15, -0.1) is 24.0 Å². The molecular weight excluding hydrogens is 267 g/mol. The maximum Gasteiger partial charge on any atom is 0.309 e. The molecule has 12 heavy (non-hydrogen) atoms. The Morgan fingerprint density at radius 1 is 1.08 bits per heavy atom. The van der Waals surface area contributed by atoms with Crippen molar-refractivity contribution in [2.24, 2.45) is 5.92 Å². The molecule has 0 N–H and O–H groups in total. The zero-order valence-electron chi connectivity index (χ0n) is 7.12. The second-order valence-corrected chi connectivity index (χ2v) is 3.62. The van der Waals surface area contributed by atoms with Gasteiger partial charge in [-0.2, -0.15) is 0 Å². The van der Waals surface area contributed by atoms with E-state index in [1.165, 1.54) is 12.8 Å². The highest BCUT2D eigenvalue weighted by Gasteiger charge is 2.30. The molecule has 2 nitrogen and oxygen atoms in total. The van der Waals surface area contributed by atoms with Gasteiger partial charge in [0.05, 0.1) is 5.92 Å². The predicted molar refractivity (Wildman–Crippen MR) is 56.5 cm³/mol. The molecule has 0 radical (unpaired) electrons. The van der Waals surface area contributed by atoms with Gasteiger partial charge < -0.3 is 4.74 Å². The standard InChI is InChI=1S/C9H14O2.HI/c10-9(7-3-1-4-7)11-8-5-2-6-8;/h7-8H,1-6H2;1H. The summed E-state index contributed by atoms with van der Waals surface area (Å²) in [5.41, 5.74) is 0. The Balaban J connectivity index is 0.000000720. The van der Waals surface area contributed by atoms with Crippen molar-refractivity contribution in [3.63, 3.8) is 0 Å². The van der Waals surface area contributed by atoms with E-state index in [1.54, 1.807) is 0 Å². The van der Waals surface area contributed by atoms with Crippen LogP contribution in [0.25, 0.3) is 0 Å². The van der Waals surface area contributed by atoms with Crippen LogP contribution in [0.15, 0.2) is 0 Å². The maximum absolute atomic E-state index is 11.2. The van der Waals surface area contributed by atoms with E-state index in [1.807, 2.05) is 0 Å². The largest absolute Gasteiger partial charge is 0.462 e. The summed E-state index contributed by atoms with van der Waals surface area (Å²) in [7, 11) is 0. The first-order chi connectivity index (χ1) is 5.36. The smallest absolute Gasteiger partial charge is 0.309 e. The number of rotatable bonds is 2. The lowest BCUT2D eigenvalue weighted by molar-refractivity contribution is -0.160. The first kappa shape index (κ1) is 10.3. The third-order valence-corrected chi connectivity index (χ3v) is 2.77. The molecule has 2 aliphatic rings. The molecule has 0 aromatic carbocycles. The number of hydrogen-bond donors (Lipinski definition) is 0. The Kier molecular flexibility index (Phi) is 3.80. The summed E-state index contributed by atoms with van der Waals surface area (Å²) < 4.78 is 5.25. The van der Waals surface area contributed by atoms with E-state index < -0.39 is 0 Å². The average Bonchev–Trinajstić information content (AvgIpc) is 1.74. The number of carbonyl (C=O) groups excluding carboxylic acids is 1. The quantitative estimate of drug-likeness (QED) is 0.574. The second-order valence-electron chi connectivity index (χ2n) is 3.62. The summed E-state index contributed by atoms with van der Waals surface area (Å²) in [4.78, 5) is 11.2. The summed E-state index contributed by atoms with van der Waals surface area (Å²) in [6, 6.07) is 0. The molecular formula is C9H15IO2. The first-order valence-electron chi connectivity index (χ1n) is 4.57. The van der Waals surface area contributed by atoms with Crippen molar-refractivity contribution >= 4 is 29.9 Å². The highest BCUT2D eigenvalue weighted by Crippen LogP contribution is 2.30. The summed E-state index contributed by atoms with van der Waals surface area (Å²) in [6.07, 6.45) is 7.05. The molecule has 70 valence electrons. The molecule has 0 spiro atoms. The van der Waals surface area contributed by atoms with Crippen LogP contribution in [0.5, 0.6) is 0 Å². The lowest BCUT2D eigenvalue weighted by atomic mass is 9.85. The number of carbonyl (C=O) groups is 1. The molecule has 0 bridgehead atoms. The first-order valence-corrected chi connectivity index (χ1v) is 4.57. The van der Waals surface area contributed by atoms with Gasteiger partial charge in [-0.25, -0.2) is 0 Å². The lowest BCUT2D eigenvalue weighted by Crippen LogP contribution is -2.31. The van der Waals surface area contributed by atoms with Crippen LogP contribution in [0.2, 0.25) is 0 Å². The van der Waals surface area contributed by atoms with Gasteiger partial charge in [0, 0.05) is 0 Å². The molecule has 0 unspecified atom stereocenters. The summed E-state index contributed by atoms with van der Waals surface area (Å²) in [5.74, 6) is 0.330. The summed E-state index contributed by atoms with van der Waals surface area (Å²) >= 11 is 0. The highest BCUT2D eigenvalue weighted by atomic mass is 127. The van der Waals surface area contributed by atoms with Gasteiger partial charge in [0.25, 0.3) is 0 Å². The van der Waals surface area contributed by atoms with Crippen LogP contribution in [-0.4, -0.2) is 12.1 Å². The molecule has 0 heterocycles. The zero-order valence-corrected chi connectivity index (χ0v) is 9.45. The Hall–Kier alpha value is 0.200. The lowest BCUT2D eigenvalue weighted by Gasteiger charge is -2.30. The minimum absolute atomic E-state index is 0. The van der Waals surface area contributed by atoms with Gasteiger partial charge in [0.15, 0.2) is 0 Å². The summed E-state index contributed by atoms with van der Waals surface area (Å²) in [5, 5.41) is 0. The maximum atomic E-state index is 11.2. The molecule has 2 rings (SSSR count). The van der Waals surface area contributed by atoms with Crippen LogP contribution in [0.3, 0.4) is 0 Å². The minimum Gasteiger partial charge on any atom is -0.462 e. The second kappa shape index (κ2) is 4.44. The highest BCUT2D eigenvalue weighted by molar-refractivity contribution is 14.0. The molecule has 0 aliphatic heterocycles. The minimum atomic E-state index is 0. The van der Waals surface area contributed by atoms with E-state index in [9.17, 15) is 4.79 Å². The van der Waals surface area contributed by atoms with Crippen molar-refractivity contribution in [3.8, 4) is 0 Å². The van der Waals surface area contributed by atoms with Crippen molar-refractivity contribution in [2.45, 2.75) is 44.6 Å². The molecule has 0 amide bonds. The van der Waals surface area contributed by atoms with E-state index in [-0.39, 0.29) is 42.0 Å². The monoisotopic (exact) mass is 282 g/mol.